The zero-order valence-corrected chi connectivity index (χ0v) is 12.2. The van der Waals surface area contributed by atoms with Crippen LogP contribution >= 0.6 is 0 Å². The van der Waals surface area contributed by atoms with Crippen LogP contribution in [-0.4, -0.2) is 13.7 Å². The van der Waals surface area contributed by atoms with Gasteiger partial charge in [-0.1, -0.05) is 25.1 Å². The number of ether oxygens (including phenoxy) is 1. The Morgan fingerprint density at radius 3 is 2.33 bits per heavy atom. The number of hydrogen-bond acceptors (Lipinski definition) is 2. The van der Waals surface area contributed by atoms with Crippen molar-refractivity contribution in [2.75, 3.05) is 13.7 Å². The fourth-order valence-electron chi connectivity index (χ4n) is 2.23. The molecule has 0 heterocycles. The highest BCUT2D eigenvalue weighted by molar-refractivity contribution is 5.37. The lowest BCUT2D eigenvalue weighted by molar-refractivity contribution is 0.385. The molecule has 0 aliphatic carbocycles. The van der Waals surface area contributed by atoms with E-state index in [0.29, 0.717) is 0 Å². The van der Waals surface area contributed by atoms with Gasteiger partial charge in [0.1, 0.15) is 5.82 Å². The van der Waals surface area contributed by atoms with E-state index in [-0.39, 0.29) is 17.6 Å². The normalized spacial score (nSPS) is 12.2. The van der Waals surface area contributed by atoms with Gasteiger partial charge >= 0.3 is 0 Å². The van der Waals surface area contributed by atoms with Crippen molar-refractivity contribution in [2.45, 2.75) is 19.4 Å². The molecule has 0 amide bonds. The van der Waals surface area contributed by atoms with Crippen LogP contribution in [0.1, 0.15) is 30.5 Å². The van der Waals surface area contributed by atoms with Crippen molar-refractivity contribution in [1.29, 1.82) is 0 Å². The second kappa shape index (κ2) is 7.18. The number of hydrogen-bond donors (Lipinski definition) is 1. The van der Waals surface area contributed by atoms with E-state index < -0.39 is 5.82 Å². The summed E-state index contributed by atoms with van der Waals surface area (Å²) in [6.07, 6.45) is 0.968. The Morgan fingerprint density at radius 2 is 1.71 bits per heavy atom. The van der Waals surface area contributed by atoms with Crippen LogP contribution in [0.4, 0.5) is 8.78 Å². The molecule has 0 aliphatic rings. The Balaban J connectivity index is 2.37. The van der Waals surface area contributed by atoms with E-state index >= 15 is 0 Å². The highest BCUT2D eigenvalue weighted by atomic mass is 19.1. The first kappa shape index (κ1) is 15.4. The molecule has 21 heavy (non-hydrogen) atoms. The van der Waals surface area contributed by atoms with Gasteiger partial charge in [-0.25, -0.2) is 8.78 Å². The predicted molar refractivity (Wildman–Crippen MR) is 79.5 cm³/mol. The first-order valence-corrected chi connectivity index (χ1v) is 6.98. The minimum Gasteiger partial charge on any atom is -0.494 e. The van der Waals surface area contributed by atoms with Crippen LogP contribution < -0.4 is 10.1 Å². The fraction of sp³-hybridized carbons (Fsp3) is 0.294. The van der Waals surface area contributed by atoms with Crippen LogP contribution in [0.5, 0.6) is 5.75 Å². The van der Waals surface area contributed by atoms with Gasteiger partial charge in [-0.3, -0.25) is 0 Å². The zero-order chi connectivity index (χ0) is 15.2. The van der Waals surface area contributed by atoms with E-state index in [9.17, 15) is 8.78 Å². The number of benzene rings is 2. The summed E-state index contributed by atoms with van der Waals surface area (Å²) in [6.45, 7) is 2.88. The number of halogens is 2. The SMILES string of the molecule is CCCNC(c1ccc(F)cc1)c1ccc(F)c(OC)c1. The average molecular weight is 291 g/mol. The molecular formula is C17H19F2NO. The van der Waals surface area contributed by atoms with Gasteiger partial charge in [0.25, 0.3) is 0 Å². The van der Waals surface area contributed by atoms with Gasteiger partial charge in [0, 0.05) is 0 Å². The third-order valence-corrected chi connectivity index (χ3v) is 3.31. The van der Waals surface area contributed by atoms with E-state index in [1.54, 1.807) is 24.3 Å². The molecular weight excluding hydrogens is 272 g/mol. The second-order valence-corrected chi connectivity index (χ2v) is 4.83. The van der Waals surface area contributed by atoms with Crippen LogP contribution in [0.3, 0.4) is 0 Å². The topological polar surface area (TPSA) is 21.3 Å². The molecule has 1 unspecified atom stereocenters. The lowest BCUT2D eigenvalue weighted by atomic mass is 9.98. The maximum atomic E-state index is 13.5. The first-order valence-electron chi connectivity index (χ1n) is 6.98. The van der Waals surface area contributed by atoms with Gasteiger partial charge in [-0.05, 0) is 48.4 Å². The van der Waals surface area contributed by atoms with Crippen molar-refractivity contribution in [3.8, 4) is 5.75 Å². The maximum absolute atomic E-state index is 13.5. The quantitative estimate of drug-likeness (QED) is 0.866. The van der Waals surface area contributed by atoms with Crippen molar-refractivity contribution < 1.29 is 13.5 Å². The summed E-state index contributed by atoms with van der Waals surface area (Å²) < 4.78 is 31.7. The van der Waals surface area contributed by atoms with Gasteiger partial charge in [0.2, 0.25) is 0 Å². The van der Waals surface area contributed by atoms with Crippen molar-refractivity contribution in [3.05, 3.63) is 65.2 Å². The van der Waals surface area contributed by atoms with E-state index in [2.05, 4.69) is 12.2 Å². The molecule has 1 N–H and O–H groups in total. The van der Waals surface area contributed by atoms with Gasteiger partial charge in [-0.15, -0.1) is 0 Å². The molecule has 2 aromatic rings. The average Bonchev–Trinajstić information content (AvgIpc) is 2.50. The van der Waals surface area contributed by atoms with Crippen molar-refractivity contribution in [2.24, 2.45) is 0 Å². The molecule has 0 saturated carbocycles. The van der Waals surface area contributed by atoms with E-state index in [1.165, 1.54) is 25.3 Å². The second-order valence-electron chi connectivity index (χ2n) is 4.83. The Bertz CT molecular complexity index is 584. The van der Waals surface area contributed by atoms with Crippen molar-refractivity contribution >= 4 is 0 Å². The largest absolute Gasteiger partial charge is 0.494 e. The predicted octanol–water partition coefficient (Wildman–Crippen LogP) is 4.06. The molecule has 0 aliphatic heterocycles. The molecule has 0 fully saturated rings. The number of rotatable bonds is 6. The maximum Gasteiger partial charge on any atom is 0.165 e. The fourth-order valence-corrected chi connectivity index (χ4v) is 2.23. The van der Waals surface area contributed by atoms with E-state index in [1.807, 2.05) is 0 Å². The summed E-state index contributed by atoms with van der Waals surface area (Å²) >= 11 is 0. The van der Waals surface area contributed by atoms with Gasteiger partial charge in [-0.2, -0.15) is 0 Å². The molecule has 4 heteroatoms. The lowest BCUT2D eigenvalue weighted by Gasteiger charge is -2.20. The Kier molecular flexibility index (Phi) is 5.28. The highest BCUT2D eigenvalue weighted by Crippen LogP contribution is 2.27. The molecule has 2 nitrogen and oxygen atoms in total. The van der Waals surface area contributed by atoms with Gasteiger partial charge < -0.3 is 10.1 Å². The summed E-state index contributed by atoms with van der Waals surface area (Å²) in [5.74, 6) is -0.461. The molecule has 2 rings (SSSR count). The minimum absolute atomic E-state index is 0.125. The molecule has 112 valence electrons. The van der Waals surface area contributed by atoms with Crippen LogP contribution in [-0.2, 0) is 0 Å². The van der Waals surface area contributed by atoms with Crippen molar-refractivity contribution in [3.63, 3.8) is 0 Å². The first-order chi connectivity index (χ1) is 10.2. The van der Waals surface area contributed by atoms with Crippen LogP contribution in [0.15, 0.2) is 42.5 Å². The van der Waals surface area contributed by atoms with E-state index in [0.717, 1.165) is 24.1 Å². The lowest BCUT2D eigenvalue weighted by Crippen LogP contribution is -2.23. The zero-order valence-electron chi connectivity index (χ0n) is 12.2. The van der Waals surface area contributed by atoms with Gasteiger partial charge in [0.05, 0.1) is 13.2 Å². The molecule has 0 saturated heterocycles. The highest BCUT2D eigenvalue weighted by Gasteiger charge is 2.15. The molecule has 0 spiro atoms. The molecule has 0 aromatic heterocycles. The summed E-state index contributed by atoms with van der Waals surface area (Å²) in [6, 6.07) is 11.0. The monoisotopic (exact) mass is 291 g/mol. The summed E-state index contributed by atoms with van der Waals surface area (Å²) in [7, 11) is 1.44. The summed E-state index contributed by atoms with van der Waals surface area (Å²) in [4.78, 5) is 0. The smallest absolute Gasteiger partial charge is 0.165 e. The van der Waals surface area contributed by atoms with Crippen LogP contribution in [0.2, 0.25) is 0 Å². The molecule has 0 bridgehead atoms. The van der Waals surface area contributed by atoms with E-state index in [4.69, 9.17) is 4.74 Å². The Morgan fingerprint density at radius 1 is 1.05 bits per heavy atom. The summed E-state index contributed by atoms with van der Waals surface area (Å²) in [5.41, 5.74) is 1.81. The number of nitrogens with one attached hydrogen (secondary N) is 1. The number of methoxy groups -OCH3 is 1. The van der Waals surface area contributed by atoms with Crippen LogP contribution in [0.25, 0.3) is 0 Å². The summed E-state index contributed by atoms with van der Waals surface area (Å²) in [5, 5.41) is 3.39. The molecule has 2 aromatic carbocycles. The molecule has 0 radical (unpaired) electrons. The molecule has 1 atom stereocenters. The standard InChI is InChI=1S/C17H19F2NO/c1-3-10-20-17(12-4-7-14(18)8-5-12)13-6-9-15(19)16(11-13)21-2/h4-9,11,17,20H,3,10H2,1-2H3. The third kappa shape index (κ3) is 3.79. The van der Waals surface area contributed by atoms with Crippen molar-refractivity contribution in [1.82, 2.24) is 5.32 Å². The Hall–Kier alpha value is -1.94. The van der Waals surface area contributed by atoms with Gasteiger partial charge in [0.15, 0.2) is 11.6 Å². The van der Waals surface area contributed by atoms with Crippen LogP contribution in [0, 0.1) is 11.6 Å². The minimum atomic E-state index is -0.394. The third-order valence-electron chi connectivity index (χ3n) is 3.31. The Labute approximate surface area is 123 Å².